The summed E-state index contributed by atoms with van der Waals surface area (Å²) in [5.41, 5.74) is 5.11. The summed E-state index contributed by atoms with van der Waals surface area (Å²) in [4.78, 5) is 0. The first-order chi connectivity index (χ1) is 11.1. The molecule has 0 radical (unpaired) electrons. The van der Waals surface area contributed by atoms with Gasteiger partial charge in [-0.25, -0.2) is 0 Å². The Hall–Kier alpha value is -1.96. The zero-order valence-corrected chi connectivity index (χ0v) is 15.0. The van der Waals surface area contributed by atoms with Gasteiger partial charge in [0, 0.05) is 5.92 Å². The van der Waals surface area contributed by atoms with Crippen LogP contribution in [0.25, 0.3) is 0 Å². The van der Waals surface area contributed by atoms with E-state index in [2.05, 4.69) is 57.2 Å². The van der Waals surface area contributed by atoms with Gasteiger partial charge >= 0.3 is 0 Å². The lowest BCUT2D eigenvalue weighted by Crippen LogP contribution is -2.03. The summed E-state index contributed by atoms with van der Waals surface area (Å²) in [7, 11) is 3.45. The topological polar surface area (TPSA) is 18.5 Å². The molecule has 0 amide bonds. The molecule has 2 aromatic rings. The lowest BCUT2D eigenvalue weighted by atomic mass is 9.85. The number of hydrogen-bond donors (Lipinski definition) is 0. The van der Waals surface area contributed by atoms with Crippen LogP contribution in [0.5, 0.6) is 11.5 Å². The highest BCUT2D eigenvalue weighted by molar-refractivity contribution is 5.44. The largest absolute Gasteiger partial charge is 0.496 e. The van der Waals surface area contributed by atoms with E-state index in [9.17, 15) is 0 Å². The molecule has 2 nitrogen and oxygen atoms in total. The van der Waals surface area contributed by atoms with Crippen molar-refractivity contribution in [2.75, 3.05) is 14.2 Å². The average molecular weight is 312 g/mol. The maximum absolute atomic E-state index is 5.40. The molecule has 0 aliphatic rings. The summed E-state index contributed by atoms with van der Waals surface area (Å²) in [6.07, 6.45) is 3.59. The van der Waals surface area contributed by atoms with Crippen LogP contribution in [-0.4, -0.2) is 14.2 Å². The Labute approximate surface area is 140 Å². The van der Waals surface area contributed by atoms with Crippen molar-refractivity contribution in [1.82, 2.24) is 0 Å². The maximum atomic E-state index is 5.40. The second-order valence-electron chi connectivity index (χ2n) is 6.15. The molecule has 0 aliphatic heterocycles. The van der Waals surface area contributed by atoms with Crippen molar-refractivity contribution in [1.29, 1.82) is 0 Å². The fourth-order valence-electron chi connectivity index (χ4n) is 3.17. The quantitative estimate of drug-likeness (QED) is 0.658. The van der Waals surface area contributed by atoms with E-state index < -0.39 is 0 Å². The molecule has 124 valence electrons. The molecule has 0 unspecified atom stereocenters. The Morgan fingerprint density at radius 2 is 1.30 bits per heavy atom. The van der Waals surface area contributed by atoms with E-state index in [-0.39, 0.29) is 0 Å². The van der Waals surface area contributed by atoms with E-state index in [0.717, 1.165) is 17.9 Å². The Kier molecular flexibility index (Phi) is 6.09. The van der Waals surface area contributed by atoms with Crippen molar-refractivity contribution >= 4 is 0 Å². The van der Waals surface area contributed by atoms with E-state index in [4.69, 9.17) is 9.47 Å². The standard InChI is InChI=1S/C21H28O2/c1-6-7-8-19(17-9-11-20(22-4)15(2)13-17)18-10-12-21(23-5)16(3)14-18/h9-14,19H,6-8H2,1-5H3. The normalized spacial score (nSPS) is 10.9. The minimum atomic E-state index is 0.421. The van der Waals surface area contributed by atoms with Crippen LogP contribution in [0.4, 0.5) is 0 Å². The molecule has 0 atom stereocenters. The highest BCUT2D eigenvalue weighted by Crippen LogP contribution is 2.34. The zero-order valence-electron chi connectivity index (χ0n) is 15.0. The highest BCUT2D eigenvalue weighted by atomic mass is 16.5. The van der Waals surface area contributed by atoms with Crippen LogP contribution < -0.4 is 9.47 Å². The molecule has 0 spiro atoms. The van der Waals surface area contributed by atoms with Crippen molar-refractivity contribution in [3.8, 4) is 11.5 Å². The SMILES string of the molecule is CCCCC(c1ccc(OC)c(C)c1)c1ccc(OC)c(C)c1. The smallest absolute Gasteiger partial charge is 0.121 e. The minimum absolute atomic E-state index is 0.421. The number of methoxy groups -OCH3 is 2. The van der Waals surface area contributed by atoms with E-state index >= 15 is 0 Å². The molecular weight excluding hydrogens is 284 g/mol. The number of rotatable bonds is 7. The summed E-state index contributed by atoms with van der Waals surface area (Å²) in [5.74, 6) is 2.33. The third kappa shape index (κ3) is 4.07. The van der Waals surface area contributed by atoms with Gasteiger partial charge in [0.05, 0.1) is 14.2 Å². The van der Waals surface area contributed by atoms with Gasteiger partial charge in [0.25, 0.3) is 0 Å². The molecule has 23 heavy (non-hydrogen) atoms. The lowest BCUT2D eigenvalue weighted by Gasteiger charge is -2.20. The first kappa shape index (κ1) is 17.4. The molecule has 0 saturated heterocycles. The second-order valence-corrected chi connectivity index (χ2v) is 6.15. The Morgan fingerprint density at radius 1 is 0.826 bits per heavy atom. The molecule has 0 saturated carbocycles. The van der Waals surface area contributed by atoms with E-state index in [0.29, 0.717) is 5.92 Å². The highest BCUT2D eigenvalue weighted by Gasteiger charge is 2.16. The third-order valence-electron chi connectivity index (χ3n) is 4.49. The predicted octanol–water partition coefficient (Wildman–Crippen LogP) is 5.64. The molecule has 0 heterocycles. The molecule has 0 aliphatic carbocycles. The first-order valence-electron chi connectivity index (χ1n) is 8.39. The molecule has 2 heteroatoms. The summed E-state index contributed by atoms with van der Waals surface area (Å²) in [6.45, 7) is 6.46. The number of ether oxygens (including phenoxy) is 2. The van der Waals surface area contributed by atoms with Crippen LogP contribution >= 0.6 is 0 Å². The third-order valence-corrected chi connectivity index (χ3v) is 4.49. The van der Waals surface area contributed by atoms with Crippen LogP contribution in [-0.2, 0) is 0 Å². The van der Waals surface area contributed by atoms with Crippen molar-refractivity contribution in [2.24, 2.45) is 0 Å². The summed E-state index contributed by atoms with van der Waals surface area (Å²) >= 11 is 0. The summed E-state index contributed by atoms with van der Waals surface area (Å²) in [5, 5.41) is 0. The van der Waals surface area contributed by atoms with Gasteiger partial charge in [-0.3, -0.25) is 0 Å². The second kappa shape index (κ2) is 8.05. The molecule has 0 N–H and O–H groups in total. The van der Waals surface area contributed by atoms with E-state index in [1.165, 1.54) is 35.1 Å². The van der Waals surface area contributed by atoms with Crippen molar-refractivity contribution in [3.05, 3.63) is 58.7 Å². The molecular formula is C21H28O2. The minimum Gasteiger partial charge on any atom is -0.496 e. The lowest BCUT2D eigenvalue weighted by molar-refractivity contribution is 0.411. The van der Waals surface area contributed by atoms with Crippen LogP contribution in [0.15, 0.2) is 36.4 Å². The maximum Gasteiger partial charge on any atom is 0.121 e. The van der Waals surface area contributed by atoms with Crippen LogP contribution in [0.2, 0.25) is 0 Å². The van der Waals surface area contributed by atoms with Gasteiger partial charge in [0.15, 0.2) is 0 Å². The van der Waals surface area contributed by atoms with Gasteiger partial charge in [0.1, 0.15) is 11.5 Å². The van der Waals surface area contributed by atoms with Crippen molar-refractivity contribution in [3.63, 3.8) is 0 Å². The van der Waals surface area contributed by atoms with Gasteiger partial charge < -0.3 is 9.47 Å². The van der Waals surface area contributed by atoms with Crippen LogP contribution in [0.1, 0.15) is 54.4 Å². The van der Waals surface area contributed by atoms with Gasteiger partial charge in [-0.15, -0.1) is 0 Å². The number of unbranched alkanes of at least 4 members (excludes halogenated alkanes) is 1. The zero-order chi connectivity index (χ0) is 16.8. The van der Waals surface area contributed by atoms with Gasteiger partial charge in [0.2, 0.25) is 0 Å². The number of benzene rings is 2. The molecule has 2 aromatic carbocycles. The van der Waals surface area contributed by atoms with Crippen molar-refractivity contribution in [2.45, 2.75) is 46.0 Å². The van der Waals surface area contributed by atoms with Crippen LogP contribution in [0.3, 0.4) is 0 Å². The van der Waals surface area contributed by atoms with E-state index in [1.807, 2.05) is 0 Å². The average Bonchev–Trinajstić information content (AvgIpc) is 2.55. The van der Waals surface area contributed by atoms with Crippen LogP contribution in [0, 0.1) is 13.8 Å². The Morgan fingerprint density at radius 3 is 1.65 bits per heavy atom. The van der Waals surface area contributed by atoms with Crippen molar-refractivity contribution < 1.29 is 9.47 Å². The molecule has 2 rings (SSSR count). The first-order valence-corrected chi connectivity index (χ1v) is 8.39. The fourth-order valence-corrected chi connectivity index (χ4v) is 3.17. The monoisotopic (exact) mass is 312 g/mol. The van der Waals surface area contributed by atoms with E-state index in [1.54, 1.807) is 14.2 Å². The predicted molar refractivity (Wildman–Crippen MR) is 96.8 cm³/mol. The Bertz CT molecular complexity index is 593. The fraction of sp³-hybridized carbons (Fsp3) is 0.429. The summed E-state index contributed by atoms with van der Waals surface area (Å²) in [6, 6.07) is 13.1. The van der Waals surface area contributed by atoms with Gasteiger partial charge in [-0.1, -0.05) is 44.0 Å². The summed E-state index contributed by atoms with van der Waals surface area (Å²) < 4.78 is 10.8. The molecule has 0 aromatic heterocycles. The Balaban J connectivity index is 2.40. The molecule has 0 fully saturated rings. The number of hydrogen-bond acceptors (Lipinski definition) is 2. The van der Waals surface area contributed by atoms with Gasteiger partial charge in [-0.05, 0) is 54.7 Å². The number of aryl methyl sites for hydroxylation is 2. The van der Waals surface area contributed by atoms with Gasteiger partial charge in [-0.2, -0.15) is 0 Å². The molecule has 0 bridgehead atoms.